The topological polar surface area (TPSA) is 201 Å². The van der Waals surface area contributed by atoms with Crippen molar-refractivity contribution >= 4 is 46.9 Å². The molecule has 2 aromatic heterocycles. The van der Waals surface area contributed by atoms with Gasteiger partial charge in [0.05, 0.1) is 53.2 Å². The number of likely N-dealkylation sites (tertiary alicyclic amines) is 1. The highest BCUT2D eigenvalue weighted by molar-refractivity contribution is 6.34. The Morgan fingerprint density at radius 1 is 1.01 bits per heavy atom. The Morgan fingerprint density at radius 2 is 1.73 bits per heavy atom. The fourth-order valence-electron chi connectivity index (χ4n) is 8.69. The number of methoxy groups -OCH3 is 2. The third-order valence-electron chi connectivity index (χ3n) is 12.5. The molecule has 21 heteroatoms. The first-order chi connectivity index (χ1) is 31.9. The van der Waals surface area contributed by atoms with Crippen molar-refractivity contribution in [3.63, 3.8) is 0 Å². The second kappa shape index (κ2) is 20.5. The maximum Gasteiger partial charge on any atom is 0.573 e. The van der Waals surface area contributed by atoms with Crippen LogP contribution in [0.3, 0.4) is 0 Å². The Bertz CT molecular complexity index is 2410. The summed E-state index contributed by atoms with van der Waals surface area (Å²) in [6, 6.07) is 10.5. The zero-order valence-corrected chi connectivity index (χ0v) is 38.4. The van der Waals surface area contributed by atoms with E-state index >= 15 is 0 Å². The number of H-pyrrole nitrogens is 1. The summed E-state index contributed by atoms with van der Waals surface area (Å²) >= 11 is 6.61. The van der Waals surface area contributed by atoms with Crippen LogP contribution in [-0.4, -0.2) is 138 Å². The molecule has 3 fully saturated rings. The summed E-state index contributed by atoms with van der Waals surface area (Å²) in [5, 5.41) is 14.9. The van der Waals surface area contributed by atoms with Crippen molar-refractivity contribution in [2.75, 3.05) is 70.4 Å². The van der Waals surface area contributed by atoms with Gasteiger partial charge in [0.15, 0.2) is 0 Å². The monoisotopic (exact) mass is 954 g/mol. The number of amides is 4. The number of alkyl halides is 3. The maximum absolute atomic E-state index is 14.2. The number of aliphatic hydroxyl groups excluding tert-OH is 1. The van der Waals surface area contributed by atoms with Gasteiger partial charge >= 0.3 is 12.5 Å². The van der Waals surface area contributed by atoms with Crippen LogP contribution in [0.2, 0.25) is 5.02 Å². The first kappa shape index (κ1) is 49.0. The average Bonchev–Trinajstić information content (AvgIpc) is 3.99. The van der Waals surface area contributed by atoms with E-state index in [1.165, 1.54) is 25.4 Å². The van der Waals surface area contributed by atoms with Crippen LogP contribution in [0.25, 0.3) is 22.4 Å². The smallest absolute Gasteiger partial charge is 0.453 e. The molecule has 0 aliphatic carbocycles. The number of halogens is 4. The van der Waals surface area contributed by atoms with Crippen molar-refractivity contribution in [3.05, 3.63) is 77.3 Å². The quantitative estimate of drug-likeness (QED) is 0.115. The number of imidazole rings is 1. The fraction of sp³-hybridized carbons (Fsp3) is 0.478. The lowest BCUT2D eigenvalue weighted by atomic mass is 9.90. The van der Waals surface area contributed by atoms with Crippen LogP contribution >= 0.6 is 11.6 Å². The van der Waals surface area contributed by atoms with Gasteiger partial charge in [-0.15, -0.1) is 13.2 Å². The molecule has 0 spiro atoms. The molecule has 3 aliphatic rings. The Morgan fingerprint density at radius 3 is 2.36 bits per heavy atom. The van der Waals surface area contributed by atoms with Crippen molar-refractivity contribution in [1.82, 2.24) is 30.1 Å². The van der Waals surface area contributed by atoms with Gasteiger partial charge in [-0.25, -0.2) is 14.8 Å². The van der Waals surface area contributed by atoms with Crippen LogP contribution < -0.4 is 20.3 Å². The highest BCUT2D eigenvalue weighted by atomic mass is 35.5. The molecule has 3 saturated heterocycles. The van der Waals surface area contributed by atoms with Gasteiger partial charge in [0.1, 0.15) is 23.4 Å². The molecular formula is C46H54ClF3N8O9. The highest BCUT2D eigenvalue weighted by Gasteiger charge is 2.44. The number of ether oxygens (including phenoxy) is 4. The molecule has 4 atom stereocenters. The zero-order chi connectivity index (χ0) is 48.2. The number of hydrogen-bond acceptors (Lipinski definition) is 12. The number of nitrogens with zero attached hydrogens (tertiary/aromatic N) is 5. The van der Waals surface area contributed by atoms with Gasteiger partial charge in [0.2, 0.25) is 11.8 Å². The third-order valence-corrected chi connectivity index (χ3v) is 12.8. The first-order valence-electron chi connectivity index (χ1n) is 21.8. The van der Waals surface area contributed by atoms with E-state index in [9.17, 15) is 37.5 Å². The Balaban J connectivity index is 1.06. The van der Waals surface area contributed by atoms with E-state index in [4.69, 9.17) is 30.8 Å². The lowest BCUT2D eigenvalue weighted by Crippen LogP contribution is -2.56. The van der Waals surface area contributed by atoms with Crippen molar-refractivity contribution in [2.45, 2.75) is 70.6 Å². The number of anilines is 2. The molecular weight excluding hydrogens is 901 g/mol. The number of aromatic nitrogens is 3. The minimum Gasteiger partial charge on any atom is -0.453 e. The van der Waals surface area contributed by atoms with E-state index in [0.717, 1.165) is 6.07 Å². The van der Waals surface area contributed by atoms with E-state index in [1.54, 1.807) is 67.3 Å². The molecule has 7 rings (SSSR count). The second-order valence-corrected chi connectivity index (χ2v) is 17.9. The number of carbonyl (C=O) groups is 4. The summed E-state index contributed by atoms with van der Waals surface area (Å²) in [5.74, 6) is -0.847. The van der Waals surface area contributed by atoms with Crippen molar-refractivity contribution in [2.24, 2.45) is 11.3 Å². The molecule has 0 radical (unpaired) electrons. The molecule has 360 valence electrons. The minimum atomic E-state index is -5.09. The van der Waals surface area contributed by atoms with Gasteiger partial charge in [0, 0.05) is 88.6 Å². The van der Waals surface area contributed by atoms with Gasteiger partial charge in [-0.05, 0) is 63.3 Å². The highest BCUT2D eigenvalue weighted by Crippen LogP contribution is 2.41. The van der Waals surface area contributed by atoms with Gasteiger partial charge in [-0.1, -0.05) is 35.9 Å². The number of aliphatic hydroxyl groups is 1. The molecule has 0 unspecified atom stereocenters. The van der Waals surface area contributed by atoms with Crippen molar-refractivity contribution in [3.8, 4) is 28.1 Å². The number of rotatable bonds is 13. The van der Waals surface area contributed by atoms with Gasteiger partial charge in [0.25, 0.3) is 5.91 Å². The summed E-state index contributed by atoms with van der Waals surface area (Å²) in [7, 11) is 2.80. The van der Waals surface area contributed by atoms with Crippen LogP contribution in [0.4, 0.5) is 29.5 Å². The number of benzene rings is 2. The summed E-state index contributed by atoms with van der Waals surface area (Å²) < 4.78 is 62.0. The number of carbonyl (C=O) groups excluding carboxylic acids is 4. The summed E-state index contributed by atoms with van der Waals surface area (Å²) in [6.07, 6.45) is -1.50. The van der Waals surface area contributed by atoms with Crippen LogP contribution in [0, 0.1) is 11.3 Å². The Kier molecular flexibility index (Phi) is 15.0. The normalized spacial score (nSPS) is 19.8. The standard InChI is InChI=1S/C46H54ClF3N8O9/c1-26-23-56(43(62)45(2,3)25-59)14-15-57(26)38-11-10-30(21-51-38)41(60)54-34-20-37(67-46(48,49)50)32(19-33(34)47)27-6-8-28(9-7-27)35-22-52-40(53-35)36-18-31(64-4)24-58(36)42(61)39(55-44(63)65-5)29-12-16-66-17-13-29/h6-11,19-22,26,29,31,36,39,59H,12-18,23-25H2,1-5H3,(H,52,53)(H,54,60)(H,55,63)/t26-,31+,36+,39+/m1/s1. The van der Waals surface area contributed by atoms with Gasteiger partial charge < -0.3 is 54.4 Å². The third kappa shape index (κ3) is 11.3. The molecule has 17 nitrogen and oxygen atoms in total. The van der Waals surface area contributed by atoms with E-state index in [0.29, 0.717) is 80.6 Å². The molecule has 3 aliphatic heterocycles. The Labute approximate surface area is 390 Å². The molecule has 0 saturated carbocycles. The lowest BCUT2D eigenvalue weighted by molar-refractivity contribution is -0.274. The molecule has 0 bridgehead atoms. The molecule has 4 aromatic rings. The largest absolute Gasteiger partial charge is 0.573 e. The summed E-state index contributed by atoms with van der Waals surface area (Å²) in [5.41, 5.74) is 0.522. The molecule has 4 N–H and O–H groups in total. The molecule has 2 aromatic carbocycles. The Hall–Kier alpha value is -5.96. The lowest BCUT2D eigenvalue weighted by Gasteiger charge is -2.42. The molecule has 5 heterocycles. The van der Waals surface area contributed by atoms with E-state index in [1.807, 2.05) is 11.8 Å². The molecule has 4 amide bonds. The predicted octanol–water partition coefficient (Wildman–Crippen LogP) is 6.44. The fourth-order valence-corrected chi connectivity index (χ4v) is 8.90. The maximum atomic E-state index is 14.2. The number of nitrogens with one attached hydrogen (secondary N) is 3. The predicted molar refractivity (Wildman–Crippen MR) is 240 cm³/mol. The van der Waals surface area contributed by atoms with Crippen molar-refractivity contribution in [1.29, 1.82) is 0 Å². The summed E-state index contributed by atoms with van der Waals surface area (Å²) in [6.45, 7) is 7.54. The van der Waals surface area contributed by atoms with E-state index in [2.05, 4.69) is 25.3 Å². The van der Waals surface area contributed by atoms with Crippen LogP contribution in [0.15, 0.2) is 60.9 Å². The van der Waals surface area contributed by atoms with Crippen LogP contribution in [0.1, 0.15) is 62.3 Å². The number of piperazine rings is 1. The van der Waals surface area contributed by atoms with Gasteiger partial charge in [-0.2, -0.15) is 0 Å². The first-order valence-corrected chi connectivity index (χ1v) is 22.2. The van der Waals surface area contributed by atoms with E-state index in [-0.39, 0.29) is 64.9 Å². The SMILES string of the molecule is COC(=O)N[C@H](C(=O)N1C[C@@H](OC)C[C@H]1c1nc(-c2ccc(-c3cc(Cl)c(NC(=O)c4ccc(N5CCN(C(=O)C(C)(C)CO)C[C@H]5C)nc4)cc3OC(F)(F)F)cc2)c[nH]1)C1CCOCC1. The second-order valence-electron chi connectivity index (χ2n) is 17.5. The van der Waals surface area contributed by atoms with Crippen LogP contribution in [0.5, 0.6) is 5.75 Å². The zero-order valence-electron chi connectivity index (χ0n) is 37.7. The van der Waals surface area contributed by atoms with E-state index < -0.39 is 41.6 Å². The number of aromatic amines is 1. The number of pyridine rings is 1. The number of alkyl carbamates (subject to hydrolysis) is 1. The number of hydrogen-bond donors (Lipinski definition) is 4. The van der Waals surface area contributed by atoms with Crippen molar-refractivity contribution < 1.29 is 56.4 Å². The van der Waals surface area contributed by atoms with Gasteiger partial charge in [-0.3, -0.25) is 14.4 Å². The average molecular weight is 955 g/mol. The molecule has 67 heavy (non-hydrogen) atoms. The minimum absolute atomic E-state index is 0.00168. The van der Waals surface area contributed by atoms with Crippen LogP contribution in [-0.2, 0) is 23.8 Å². The summed E-state index contributed by atoms with van der Waals surface area (Å²) in [4.78, 5) is 70.6.